The molecular weight excluding hydrogens is 312 g/mol. The van der Waals surface area contributed by atoms with E-state index in [1.807, 2.05) is 47.4 Å². The lowest BCUT2D eigenvalue weighted by Gasteiger charge is -2.29. The topological polar surface area (TPSA) is 49.4 Å². The lowest BCUT2D eigenvalue weighted by molar-refractivity contribution is -0.135. The van der Waals surface area contributed by atoms with Crippen LogP contribution < -0.4 is 5.32 Å². The maximum atomic E-state index is 12.7. The highest BCUT2D eigenvalue weighted by molar-refractivity contribution is 5.92. The quantitative estimate of drug-likeness (QED) is 0.934. The van der Waals surface area contributed by atoms with E-state index < -0.39 is 0 Å². The van der Waals surface area contributed by atoms with Gasteiger partial charge in [-0.3, -0.25) is 9.59 Å². The molecule has 1 fully saturated rings. The maximum absolute atomic E-state index is 12.7. The van der Waals surface area contributed by atoms with Crippen molar-refractivity contribution in [2.75, 3.05) is 6.54 Å². The van der Waals surface area contributed by atoms with Crippen LogP contribution in [0, 0.1) is 11.8 Å². The number of carbonyl (C=O) groups excluding carboxylic acids is 2. The van der Waals surface area contributed by atoms with Gasteiger partial charge in [0.25, 0.3) is 0 Å². The van der Waals surface area contributed by atoms with Crippen molar-refractivity contribution in [3.63, 3.8) is 0 Å². The molecule has 2 atom stereocenters. The molecule has 128 valence electrons. The second-order valence-corrected chi connectivity index (χ2v) is 6.93. The van der Waals surface area contributed by atoms with Gasteiger partial charge in [-0.2, -0.15) is 0 Å². The molecule has 1 heterocycles. The predicted octanol–water partition coefficient (Wildman–Crippen LogP) is 2.52. The highest BCUT2D eigenvalue weighted by Gasteiger charge is 2.49. The van der Waals surface area contributed by atoms with Crippen LogP contribution in [0.5, 0.6) is 0 Å². The van der Waals surface area contributed by atoms with Gasteiger partial charge in [-0.1, -0.05) is 54.6 Å². The lowest BCUT2D eigenvalue weighted by Crippen LogP contribution is -2.38. The summed E-state index contributed by atoms with van der Waals surface area (Å²) in [5, 5.41) is 2.95. The molecule has 1 aliphatic heterocycles. The molecule has 0 bridgehead atoms. The van der Waals surface area contributed by atoms with E-state index in [9.17, 15) is 9.59 Å². The van der Waals surface area contributed by atoms with Crippen molar-refractivity contribution in [2.24, 2.45) is 11.8 Å². The summed E-state index contributed by atoms with van der Waals surface area (Å²) in [5.41, 5.74) is 3.64. The minimum absolute atomic E-state index is 0.000359. The average molecular weight is 334 g/mol. The molecular formula is C21H22N2O2. The SMILES string of the molecule is O=C(NCc1ccccc1)C1CC1C(=O)N1CCc2ccccc2C1. The fraction of sp³-hybridized carbons (Fsp3) is 0.333. The number of fused-ring (bicyclic) bond motifs is 1. The Hall–Kier alpha value is -2.62. The molecule has 0 aromatic heterocycles. The molecule has 1 saturated carbocycles. The van der Waals surface area contributed by atoms with Gasteiger partial charge >= 0.3 is 0 Å². The normalized spacial score (nSPS) is 21.4. The molecule has 25 heavy (non-hydrogen) atoms. The van der Waals surface area contributed by atoms with E-state index >= 15 is 0 Å². The maximum Gasteiger partial charge on any atom is 0.226 e. The largest absolute Gasteiger partial charge is 0.352 e. The van der Waals surface area contributed by atoms with Crippen molar-refractivity contribution in [3.8, 4) is 0 Å². The monoisotopic (exact) mass is 334 g/mol. The lowest BCUT2D eigenvalue weighted by atomic mass is 9.99. The first-order chi connectivity index (χ1) is 12.2. The van der Waals surface area contributed by atoms with E-state index in [0.29, 0.717) is 19.5 Å². The van der Waals surface area contributed by atoms with E-state index in [1.165, 1.54) is 11.1 Å². The standard InChI is InChI=1S/C21H22N2O2/c24-20(22-13-15-6-2-1-3-7-15)18-12-19(18)21(25)23-11-10-16-8-4-5-9-17(16)14-23/h1-9,18-19H,10-14H2,(H,22,24). The van der Waals surface area contributed by atoms with Crippen molar-refractivity contribution in [2.45, 2.75) is 25.9 Å². The van der Waals surface area contributed by atoms with E-state index in [4.69, 9.17) is 0 Å². The van der Waals surface area contributed by atoms with Gasteiger partial charge < -0.3 is 10.2 Å². The van der Waals surface area contributed by atoms with Gasteiger partial charge in [0, 0.05) is 19.6 Å². The van der Waals surface area contributed by atoms with Gasteiger partial charge in [-0.05, 0) is 29.5 Å². The Morgan fingerprint density at radius 1 is 0.960 bits per heavy atom. The number of nitrogens with one attached hydrogen (secondary N) is 1. The Morgan fingerprint density at radius 2 is 1.68 bits per heavy atom. The van der Waals surface area contributed by atoms with Crippen LogP contribution in [-0.2, 0) is 29.1 Å². The summed E-state index contributed by atoms with van der Waals surface area (Å²) in [6, 6.07) is 18.1. The van der Waals surface area contributed by atoms with Crippen molar-refractivity contribution in [3.05, 3.63) is 71.3 Å². The molecule has 1 aliphatic carbocycles. The van der Waals surface area contributed by atoms with Crippen LogP contribution in [0.4, 0.5) is 0 Å². The van der Waals surface area contributed by atoms with Gasteiger partial charge in [-0.15, -0.1) is 0 Å². The third-order valence-corrected chi connectivity index (χ3v) is 5.20. The summed E-state index contributed by atoms with van der Waals surface area (Å²) in [6.07, 6.45) is 1.58. The molecule has 0 radical (unpaired) electrons. The van der Waals surface area contributed by atoms with Crippen LogP contribution in [0.3, 0.4) is 0 Å². The number of rotatable bonds is 4. The molecule has 4 heteroatoms. The highest BCUT2D eigenvalue weighted by atomic mass is 16.2. The van der Waals surface area contributed by atoms with Crippen LogP contribution in [0.25, 0.3) is 0 Å². The van der Waals surface area contributed by atoms with Gasteiger partial charge in [-0.25, -0.2) is 0 Å². The van der Waals surface area contributed by atoms with Crippen molar-refractivity contribution in [1.29, 1.82) is 0 Å². The molecule has 2 aromatic rings. The number of nitrogens with zero attached hydrogens (tertiary/aromatic N) is 1. The Morgan fingerprint density at radius 3 is 2.48 bits per heavy atom. The summed E-state index contributed by atoms with van der Waals surface area (Å²) in [5.74, 6) is -0.164. The zero-order valence-electron chi connectivity index (χ0n) is 14.2. The fourth-order valence-corrected chi connectivity index (χ4v) is 3.59. The van der Waals surface area contributed by atoms with Crippen molar-refractivity contribution >= 4 is 11.8 Å². The molecule has 2 unspecified atom stereocenters. The third-order valence-electron chi connectivity index (χ3n) is 5.20. The molecule has 2 aromatic carbocycles. The van der Waals surface area contributed by atoms with Crippen LogP contribution in [0.15, 0.2) is 54.6 Å². The first-order valence-electron chi connectivity index (χ1n) is 8.89. The Bertz CT molecular complexity index is 787. The van der Waals surface area contributed by atoms with Gasteiger partial charge in [0.05, 0.1) is 11.8 Å². The molecule has 2 aliphatic rings. The number of carbonyl (C=O) groups is 2. The molecule has 1 N–H and O–H groups in total. The predicted molar refractivity (Wildman–Crippen MR) is 95.4 cm³/mol. The summed E-state index contributed by atoms with van der Waals surface area (Å²) in [6.45, 7) is 1.95. The van der Waals surface area contributed by atoms with E-state index in [0.717, 1.165) is 18.5 Å². The highest BCUT2D eigenvalue weighted by Crippen LogP contribution is 2.41. The third kappa shape index (κ3) is 3.43. The zero-order valence-corrected chi connectivity index (χ0v) is 14.2. The number of hydrogen-bond acceptors (Lipinski definition) is 2. The summed E-state index contributed by atoms with van der Waals surface area (Å²) in [7, 11) is 0. The first-order valence-corrected chi connectivity index (χ1v) is 8.89. The summed E-state index contributed by atoms with van der Waals surface area (Å²) < 4.78 is 0. The Kier molecular flexibility index (Phi) is 4.26. The molecule has 0 spiro atoms. The summed E-state index contributed by atoms with van der Waals surface area (Å²) in [4.78, 5) is 26.9. The molecule has 4 nitrogen and oxygen atoms in total. The second kappa shape index (κ2) is 6.71. The number of hydrogen-bond donors (Lipinski definition) is 1. The van der Waals surface area contributed by atoms with Gasteiger partial charge in [0.2, 0.25) is 11.8 Å². The minimum Gasteiger partial charge on any atom is -0.352 e. The van der Waals surface area contributed by atoms with Crippen LogP contribution >= 0.6 is 0 Å². The van der Waals surface area contributed by atoms with Crippen molar-refractivity contribution < 1.29 is 9.59 Å². The van der Waals surface area contributed by atoms with Gasteiger partial charge in [0.15, 0.2) is 0 Å². The van der Waals surface area contributed by atoms with E-state index in [2.05, 4.69) is 17.4 Å². The first kappa shape index (κ1) is 15.9. The Labute approximate surface area is 147 Å². The fourth-order valence-electron chi connectivity index (χ4n) is 3.59. The molecule has 2 amide bonds. The zero-order chi connectivity index (χ0) is 17.2. The van der Waals surface area contributed by atoms with Crippen LogP contribution in [-0.4, -0.2) is 23.3 Å². The minimum atomic E-state index is -0.159. The van der Waals surface area contributed by atoms with Crippen molar-refractivity contribution in [1.82, 2.24) is 10.2 Å². The molecule has 0 saturated heterocycles. The van der Waals surface area contributed by atoms with Crippen LogP contribution in [0.2, 0.25) is 0 Å². The molecule has 4 rings (SSSR count). The van der Waals surface area contributed by atoms with Gasteiger partial charge in [0.1, 0.15) is 0 Å². The number of benzene rings is 2. The van der Waals surface area contributed by atoms with Crippen LogP contribution in [0.1, 0.15) is 23.1 Å². The second-order valence-electron chi connectivity index (χ2n) is 6.93. The Balaban J connectivity index is 1.31. The van der Waals surface area contributed by atoms with E-state index in [-0.39, 0.29) is 23.7 Å². The number of amides is 2. The average Bonchev–Trinajstić information content (AvgIpc) is 3.47. The smallest absolute Gasteiger partial charge is 0.226 e. The summed E-state index contributed by atoms with van der Waals surface area (Å²) >= 11 is 0. The van der Waals surface area contributed by atoms with E-state index in [1.54, 1.807) is 0 Å².